The third-order valence-corrected chi connectivity index (χ3v) is 6.42. The Morgan fingerprint density at radius 3 is 2.23 bits per heavy atom. The van der Waals surface area contributed by atoms with Gasteiger partial charge in [0.2, 0.25) is 0 Å². The van der Waals surface area contributed by atoms with Crippen LogP contribution in [0.2, 0.25) is 0 Å². The van der Waals surface area contributed by atoms with Crippen molar-refractivity contribution in [2.24, 2.45) is 0 Å². The van der Waals surface area contributed by atoms with Gasteiger partial charge in [-0.05, 0) is 37.8 Å². The maximum Gasteiger partial charge on any atom is 0.340 e. The number of anilines is 1. The maximum absolute atomic E-state index is 12.7. The number of nitrogens with zero attached hydrogens (tertiary/aromatic N) is 2. The van der Waals surface area contributed by atoms with Crippen molar-refractivity contribution in [1.82, 2.24) is 4.67 Å². The molecule has 0 aromatic heterocycles. The topological polar surface area (TPSA) is 59.1 Å². The zero-order valence-electron chi connectivity index (χ0n) is 12.1. The Labute approximate surface area is 139 Å². The Bertz CT molecular complexity index is 605. The van der Waals surface area contributed by atoms with Crippen molar-refractivity contribution in [1.29, 1.82) is 0 Å². The summed E-state index contributed by atoms with van der Waals surface area (Å²) in [7, 11) is 0. The number of para-hydroxylation sites is 1. The standard InChI is InChI=1S/C13H16ClN2O4PS/c1-3-19-21(22,20-4-2)16-12(17)11(14)15(13(16)18)10-8-6-5-7-9-10/h5-9,11H,3-4H2,1-2H3. The molecule has 0 radical (unpaired) electrons. The summed E-state index contributed by atoms with van der Waals surface area (Å²) in [6, 6.07) is 8.06. The molecular formula is C13H16ClN2O4PS. The third kappa shape index (κ3) is 3.05. The first kappa shape index (κ1) is 17.4. The van der Waals surface area contributed by atoms with Crippen LogP contribution in [0.15, 0.2) is 30.3 Å². The minimum Gasteiger partial charge on any atom is -0.314 e. The predicted octanol–water partition coefficient (Wildman–Crippen LogP) is 3.32. The SMILES string of the molecule is CCOP(=S)(OCC)N1C(=O)C(Cl)N(c2ccccc2)C1=O. The van der Waals surface area contributed by atoms with Crippen molar-refractivity contribution in [3.63, 3.8) is 0 Å². The average Bonchev–Trinajstić information content (AvgIpc) is 2.71. The zero-order chi connectivity index (χ0) is 16.3. The highest BCUT2D eigenvalue weighted by Crippen LogP contribution is 2.55. The number of hydrogen-bond acceptors (Lipinski definition) is 5. The summed E-state index contributed by atoms with van der Waals surface area (Å²) in [5, 5.41) is 0. The van der Waals surface area contributed by atoms with Gasteiger partial charge in [-0.1, -0.05) is 29.8 Å². The minimum absolute atomic E-state index is 0.229. The number of benzene rings is 1. The lowest BCUT2D eigenvalue weighted by Crippen LogP contribution is -2.32. The van der Waals surface area contributed by atoms with Crippen LogP contribution in [0.1, 0.15) is 13.8 Å². The first-order chi connectivity index (χ1) is 10.5. The predicted molar refractivity (Wildman–Crippen MR) is 88.3 cm³/mol. The summed E-state index contributed by atoms with van der Waals surface area (Å²) in [5.74, 6) is -0.624. The Hall–Kier alpha value is -0.980. The minimum atomic E-state index is -3.23. The van der Waals surface area contributed by atoms with Gasteiger partial charge in [-0.25, -0.2) is 4.79 Å². The van der Waals surface area contributed by atoms with Crippen LogP contribution in [0.3, 0.4) is 0 Å². The van der Waals surface area contributed by atoms with E-state index in [1.165, 1.54) is 4.90 Å². The van der Waals surface area contributed by atoms with E-state index in [4.69, 9.17) is 32.5 Å². The van der Waals surface area contributed by atoms with Crippen molar-refractivity contribution in [3.8, 4) is 0 Å². The lowest BCUT2D eigenvalue weighted by molar-refractivity contribution is -0.123. The molecule has 0 N–H and O–H groups in total. The summed E-state index contributed by atoms with van der Waals surface area (Å²) in [4.78, 5) is 26.3. The van der Waals surface area contributed by atoms with Crippen LogP contribution >= 0.6 is 18.2 Å². The molecule has 0 spiro atoms. The molecule has 1 aliphatic rings. The molecule has 9 heteroatoms. The van der Waals surface area contributed by atoms with E-state index in [-0.39, 0.29) is 13.2 Å². The van der Waals surface area contributed by atoms with Gasteiger partial charge in [0.25, 0.3) is 5.91 Å². The molecule has 0 aliphatic carbocycles. The van der Waals surface area contributed by atoms with Gasteiger partial charge < -0.3 is 9.05 Å². The fourth-order valence-electron chi connectivity index (χ4n) is 2.04. The second-order valence-corrected chi connectivity index (χ2v) is 7.93. The van der Waals surface area contributed by atoms with Crippen LogP contribution in [0, 0.1) is 0 Å². The van der Waals surface area contributed by atoms with Crippen molar-refractivity contribution >= 4 is 47.7 Å². The van der Waals surface area contributed by atoms with Crippen molar-refractivity contribution in [2.45, 2.75) is 19.3 Å². The number of halogens is 1. The molecule has 3 amide bonds. The molecule has 120 valence electrons. The first-order valence-corrected chi connectivity index (χ1v) is 9.75. The van der Waals surface area contributed by atoms with Crippen LogP contribution in [-0.4, -0.2) is 35.3 Å². The molecule has 0 bridgehead atoms. The fourth-order valence-corrected chi connectivity index (χ4v) is 5.10. The van der Waals surface area contributed by atoms with E-state index in [0.29, 0.717) is 5.69 Å². The van der Waals surface area contributed by atoms with Crippen LogP contribution in [0.5, 0.6) is 0 Å². The number of carbonyl (C=O) groups is 2. The number of urea groups is 1. The van der Waals surface area contributed by atoms with Crippen LogP contribution < -0.4 is 4.90 Å². The number of alkyl halides is 1. The lowest BCUT2D eigenvalue weighted by Gasteiger charge is -2.27. The summed E-state index contributed by atoms with van der Waals surface area (Å²) in [6.07, 6.45) is 0. The Balaban J connectivity index is 2.41. The molecule has 1 aromatic rings. The zero-order valence-corrected chi connectivity index (χ0v) is 14.6. The van der Waals surface area contributed by atoms with E-state index < -0.39 is 24.1 Å². The summed E-state index contributed by atoms with van der Waals surface area (Å²) >= 11 is 11.5. The molecule has 0 saturated carbocycles. The number of imide groups is 1. The number of hydrogen-bond donors (Lipinski definition) is 0. The molecule has 1 heterocycles. The number of rotatable bonds is 6. The fraction of sp³-hybridized carbons (Fsp3) is 0.385. The maximum atomic E-state index is 12.7. The summed E-state index contributed by atoms with van der Waals surface area (Å²) < 4.78 is 11.7. The van der Waals surface area contributed by atoms with E-state index in [1.54, 1.807) is 44.2 Å². The smallest absolute Gasteiger partial charge is 0.314 e. The van der Waals surface area contributed by atoms with Gasteiger partial charge in [-0.3, -0.25) is 9.69 Å². The molecule has 6 nitrogen and oxygen atoms in total. The van der Waals surface area contributed by atoms with Gasteiger partial charge in [0, 0.05) is 5.69 Å². The van der Waals surface area contributed by atoms with E-state index in [2.05, 4.69) is 0 Å². The van der Waals surface area contributed by atoms with Crippen molar-refractivity contribution in [2.75, 3.05) is 18.1 Å². The second kappa shape index (κ2) is 7.06. The quantitative estimate of drug-likeness (QED) is 0.336. The molecule has 1 aliphatic heterocycles. The van der Waals surface area contributed by atoms with E-state index >= 15 is 0 Å². The molecule has 22 heavy (non-hydrogen) atoms. The highest BCUT2D eigenvalue weighted by Gasteiger charge is 2.52. The molecule has 1 fully saturated rings. The highest BCUT2D eigenvalue weighted by molar-refractivity contribution is 8.09. The van der Waals surface area contributed by atoms with Crippen LogP contribution in [0.4, 0.5) is 10.5 Å². The van der Waals surface area contributed by atoms with Gasteiger partial charge in [0.1, 0.15) is 0 Å². The van der Waals surface area contributed by atoms with Crippen LogP contribution in [0.25, 0.3) is 0 Å². The second-order valence-electron chi connectivity index (χ2n) is 4.28. The largest absolute Gasteiger partial charge is 0.340 e. The van der Waals surface area contributed by atoms with E-state index in [0.717, 1.165) is 4.67 Å². The first-order valence-electron chi connectivity index (χ1n) is 6.72. The van der Waals surface area contributed by atoms with Gasteiger partial charge >= 0.3 is 12.7 Å². The summed E-state index contributed by atoms with van der Waals surface area (Å²) in [5.41, 5.74) is -0.656. The molecule has 1 aromatic carbocycles. The molecule has 1 saturated heterocycles. The van der Waals surface area contributed by atoms with Gasteiger partial charge in [0.05, 0.1) is 13.2 Å². The number of amides is 3. The van der Waals surface area contributed by atoms with E-state index in [1.807, 2.05) is 0 Å². The van der Waals surface area contributed by atoms with Gasteiger partial charge in [-0.2, -0.15) is 4.67 Å². The van der Waals surface area contributed by atoms with Crippen molar-refractivity contribution in [3.05, 3.63) is 30.3 Å². The van der Waals surface area contributed by atoms with Gasteiger partial charge in [-0.15, -0.1) is 0 Å². The van der Waals surface area contributed by atoms with E-state index in [9.17, 15) is 9.59 Å². The Kier molecular flexibility index (Phi) is 5.58. The number of carbonyl (C=O) groups excluding carboxylic acids is 2. The van der Waals surface area contributed by atoms with Gasteiger partial charge in [0.15, 0.2) is 5.50 Å². The Morgan fingerprint density at radius 1 is 1.18 bits per heavy atom. The average molecular weight is 363 g/mol. The highest BCUT2D eigenvalue weighted by atomic mass is 35.5. The molecule has 2 rings (SSSR count). The Morgan fingerprint density at radius 2 is 1.73 bits per heavy atom. The molecular weight excluding hydrogens is 347 g/mol. The monoisotopic (exact) mass is 362 g/mol. The normalized spacial score (nSPS) is 19.1. The molecule has 1 atom stereocenters. The lowest BCUT2D eigenvalue weighted by atomic mass is 10.3. The summed E-state index contributed by atoms with van der Waals surface area (Å²) in [6.45, 7) is 0.666. The molecule has 1 unspecified atom stereocenters. The third-order valence-electron chi connectivity index (χ3n) is 2.89. The van der Waals surface area contributed by atoms with Crippen molar-refractivity contribution < 1.29 is 18.6 Å². The van der Waals surface area contributed by atoms with Crippen LogP contribution in [-0.2, 0) is 25.6 Å².